The van der Waals surface area contributed by atoms with Gasteiger partial charge in [0.25, 0.3) is 0 Å². The second-order valence-corrected chi connectivity index (χ2v) is 7.84. The Bertz CT molecular complexity index is 1140. The van der Waals surface area contributed by atoms with E-state index in [4.69, 9.17) is 10.5 Å². The van der Waals surface area contributed by atoms with Crippen LogP contribution in [0.1, 0.15) is 12.6 Å². The van der Waals surface area contributed by atoms with E-state index in [0.29, 0.717) is 0 Å². The van der Waals surface area contributed by atoms with Crippen LogP contribution in [0, 0.1) is 0 Å². The lowest BCUT2D eigenvalue weighted by molar-refractivity contribution is -0.238. The van der Waals surface area contributed by atoms with Gasteiger partial charge in [-0.2, -0.15) is 26.3 Å². The van der Waals surface area contributed by atoms with Crippen molar-refractivity contribution < 1.29 is 63.9 Å². The SMILES string of the molecule is Nc1ncnc2c1ncn2C1CC(OC(=O)C(F)(F)F)C(COP(=O)([O-])OC(=O)C(F)(F)F)O1. The zero-order valence-corrected chi connectivity index (χ0v) is 17.0. The highest BCUT2D eigenvalue weighted by Crippen LogP contribution is 2.43. The first-order valence-electron chi connectivity index (χ1n) is 8.71. The van der Waals surface area contributed by atoms with Gasteiger partial charge in [-0.25, -0.2) is 24.5 Å². The number of hydrogen-bond donors (Lipinski definition) is 1. The minimum Gasteiger partial charge on any atom is -0.746 e. The summed E-state index contributed by atoms with van der Waals surface area (Å²) in [5.74, 6) is -5.82. The number of fused-ring (bicyclic) bond motifs is 1. The standard InChI is InChI=1S/C14H12F6N5O8P/c15-13(16,17)11(26)32-5-1-7(25-4-24-8-9(21)22-3-23-10(8)25)31-6(5)2-30-34(28,29)33-12(27)14(18,19)20/h3-7H,1-2H2,(H,28,29)(H2,21,22,23)/p-1. The highest BCUT2D eigenvalue weighted by Gasteiger charge is 2.48. The summed E-state index contributed by atoms with van der Waals surface area (Å²) in [6.45, 7) is -1.28. The number of rotatable bonds is 6. The predicted molar refractivity (Wildman–Crippen MR) is 89.9 cm³/mol. The third-order valence-corrected chi connectivity index (χ3v) is 5.05. The molecule has 3 rings (SSSR count). The fourth-order valence-corrected chi connectivity index (χ4v) is 3.46. The Morgan fingerprint density at radius 2 is 1.82 bits per heavy atom. The zero-order chi connectivity index (χ0) is 25.5. The Labute approximate surface area is 183 Å². The highest BCUT2D eigenvalue weighted by atomic mass is 31.2. The summed E-state index contributed by atoms with van der Waals surface area (Å²) in [4.78, 5) is 45.0. The number of esters is 1. The molecular formula is C14H11F6N5O8P-. The van der Waals surface area contributed by atoms with Crippen molar-refractivity contribution in [2.24, 2.45) is 0 Å². The van der Waals surface area contributed by atoms with Crippen molar-refractivity contribution in [3.05, 3.63) is 12.7 Å². The molecule has 34 heavy (non-hydrogen) atoms. The van der Waals surface area contributed by atoms with Crippen molar-refractivity contribution in [3.63, 3.8) is 0 Å². The normalized spacial score (nSPS) is 23.0. The van der Waals surface area contributed by atoms with Crippen molar-refractivity contribution in [1.29, 1.82) is 0 Å². The van der Waals surface area contributed by atoms with Crippen molar-refractivity contribution in [3.8, 4) is 0 Å². The quantitative estimate of drug-likeness (QED) is 0.320. The first-order chi connectivity index (χ1) is 15.6. The molecule has 0 saturated carbocycles. The van der Waals surface area contributed by atoms with E-state index >= 15 is 0 Å². The summed E-state index contributed by atoms with van der Waals surface area (Å²) in [7, 11) is -5.93. The van der Waals surface area contributed by atoms with Crippen LogP contribution >= 0.6 is 7.82 Å². The number of nitrogens with two attached hydrogens (primary N) is 1. The van der Waals surface area contributed by atoms with Crippen LogP contribution in [0.2, 0.25) is 0 Å². The molecule has 0 radical (unpaired) electrons. The van der Waals surface area contributed by atoms with Gasteiger partial charge in [0.15, 0.2) is 11.5 Å². The van der Waals surface area contributed by atoms with Gasteiger partial charge < -0.3 is 29.1 Å². The Balaban J connectivity index is 1.79. The van der Waals surface area contributed by atoms with Crippen molar-refractivity contribution in [1.82, 2.24) is 19.5 Å². The minimum atomic E-state index is -5.93. The van der Waals surface area contributed by atoms with Crippen LogP contribution in [0.25, 0.3) is 11.2 Å². The van der Waals surface area contributed by atoms with Gasteiger partial charge in [-0.15, -0.1) is 0 Å². The third-order valence-electron chi connectivity index (χ3n) is 4.19. The van der Waals surface area contributed by atoms with Gasteiger partial charge in [-0.05, 0) is 0 Å². The van der Waals surface area contributed by atoms with E-state index in [-0.39, 0.29) is 17.0 Å². The fraction of sp³-hybridized carbons (Fsp3) is 0.500. The molecule has 3 heterocycles. The summed E-state index contributed by atoms with van der Waals surface area (Å²) in [5.41, 5.74) is 5.76. The fourth-order valence-electron chi connectivity index (χ4n) is 2.77. The number of anilines is 1. The molecule has 1 aliphatic heterocycles. The molecule has 0 aromatic carbocycles. The Morgan fingerprint density at radius 1 is 1.18 bits per heavy atom. The molecule has 13 nitrogen and oxygen atoms in total. The van der Waals surface area contributed by atoms with Crippen molar-refractivity contribution in [2.75, 3.05) is 12.3 Å². The van der Waals surface area contributed by atoms with E-state index in [9.17, 15) is 45.4 Å². The number of halogens is 6. The van der Waals surface area contributed by atoms with Crippen LogP contribution in [0.4, 0.5) is 32.2 Å². The maximum absolute atomic E-state index is 12.6. The molecule has 188 valence electrons. The maximum Gasteiger partial charge on any atom is 0.491 e. The average Bonchev–Trinajstić information content (AvgIpc) is 3.29. The largest absolute Gasteiger partial charge is 0.746 e. The Hall–Kier alpha value is -3.02. The van der Waals surface area contributed by atoms with Crippen LogP contribution in [0.15, 0.2) is 12.7 Å². The molecule has 0 bridgehead atoms. The van der Waals surface area contributed by atoms with Crippen molar-refractivity contribution in [2.45, 2.75) is 37.2 Å². The monoisotopic (exact) mass is 522 g/mol. The average molecular weight is 522 g/mol. The summed E-state index contributed by atoms with van der Waals surface area (Å²) in [6, 6.07) is 0. The van der Waals surface area contributed by atoms with E-state index < -0.39 is 63.6 Å². The van der Waals surface area contributed by atoms with E-state index in [1.165, 1.54) is 0 Å². The topological polar surface area (TPSA) is 181 Å². The first kappa shape index (κ1) is 25.6. The molecule has 1 aliphatic rings. The van der Waals surface area contributed by atoms with Gasteiger partial charge in [-0.3, -0.25) is 9.13 Å². The second kappa shape index (κ2) is 8.97. The maximum atomic E-state index is 12.6. The molecule has 2 aromatic rings. The lowest BCUT2D eigenvalue weighted by atomic mass is 10.2. The molecule has 1 fully saturated rings. The number of phosphoric ester groups is 1. The van der Waals surface area contributed by atoms with E-state index in [2.05, 4.69) is 28.7 Å². The first-order valence-corrected chi connectivity index (χ1v) is 10.2. The van der Waals surface area contributed by atoms with Gasteiger partial charge in [0, 0.05) is 6.42 Å². The van der Waals surface area contributed by atoms with Crippen LogP contribution < -0.4 is 10.6 Å². The number of imidazole rings is 1. The summed E-state index contributed by atoms with van der Waals surface area (Å²) in [6.07, 6.45) is -14.3. The summed E-state index contributed by atoms with van der Waals surface area (Å²) >= 11 is 0. The number of aromatic nitrogens is 4. The number of nitrogen functional groups attached to an aromatic ring is 1. The van der Waals surface area contributed by atoms with Gasteiger partial charge in [0.1, 0.15) is 30.3 Å². The molecule has 4 unspecified atom stereocenters. The van der Waals surface area contributed by atoms with Crippen LogP contribution in [-0.2, 0) is 32.7 Å². The molecule has 20 heteroatoms. The van der Waals surface area contributed by atoms with E-state index in [1.54, 1.807) is 0 Å². The number of ether oxygens (including phenoxy) is 2. The van der Waals surface area contributed by atoms with Crippen LogP contribution in [0.5, 0.6) is 0 Å². The van der Waals surface area contributed by atoms with Gasteiger partial charge in [0.05, 0.1) is 12.9 Å². The summed E-state index contributed by atoms with van der Waals surface area (Å²) in [5, 5.41) is 0. The number of alkyl halides is 6. The number of carbonyl (C=O) groups is 2. The summed E-state index contributed by atoms with van der Waals surface area (Å²) < 4.78 is 104. The third kappa shape index (κ3) is 5.72. The van der Waals surface area contributed by atoms with Gasteiger partial charge in [-0.1, -0.05) is 0 Å². The van der Waals surface area contributed by atoms with Crippen molar-refractivity contribution >= 4 is 36.7 Å². The number of carbonyl (C=O) groups excluding carboxylic acids is 2. The number of nitrogens with zero attached hydrogens (tertiary/aromatic N) is 4. The molecule has 0 aliphatic carbocycles. The van der Waals surface area contributed by atoms with Crippen LogP contribution in [0.3, 0.4) is 0 Å². The lowest BCUT2D eigenvalue weighted by Gasteiger charge is -2.25. The zero-order valence-electron chi connectivity index (χ0n) is 16.1. The number of hydrogen-bond acceptors (Lipinski definition) is 12. The highest BCUT2D eigenvalue weighted by molar-refractivity contribution is 7.46. The van der Waals surface area contributed by atoms with Gasteiger partial charge in [0.2, 0.25) is 0 Å². The lowest BCUT2D eigenvalue weighted by Crippen LogP contribution is -2.36. The second-order valence-electron chi connectivity index (χ2n) is 6.51. The Kier molecular flexibility index (Phi) is 6.75. The predicted octanol–water partition coefficient (Wildman–Crippen LogP) is 0.761. The molecule has 1 saturated heterocycles. The van der Waals surface area contributed by atoms with Crippen LogP contribution in [-0.4, -0.2) is 62.6 Å². The number of phosphoric acid groups is 1. The molecule has 2 N–H and O–H groups in total. The smallest absolute Gasteiger partial charge is 0.491 e. The van der Waals surface area contributed by atoms with E-state index in [0.717, 1.165) is 17.2 Å². The molecular weight excluding hydrogens is 511 g/mol. The Morgan fingerprint density at radius 3 is 2.44 bits per heavy atom. The minimum absolute atomic E-state index is 0.0496. The molecule has 0 spiro atoms. The molecule has 2 aromatic heterocycles. The molecule has 0 amide bonds. The van der Waals surface area contributed by atoms with E-state index in [1.807, 2.05) is 0 Å². The molecule has 4 atom stereocenters. The van der Waals surface area contributed by atoms with Gasteiger partial charge >= 0.3 is 32.1 Å².